The molecule has 4 rings (SSSR count). The van der Waals surface area contributed by atoms with E-state index in [1.54, 1.807) is 24.6 Å². The number of imide groups is 1. The SMILES string of the molecule is CC(NC(=O)C(NC(=O)CCCCCN1C(=O)C=CC1=O)C(C)C)C(=O)NC(CCCCNC(=O)C(N)CCN(C(=O)CO)C(c1nc(-c2cc(F)ccc2F)cn1Cc1ccccc1)C(C)(C)C)C(=O)O. The summed E-state index contributed by atoms with van der Waals surface area (Å²) in [4.78, 5) is 108. The monoisotopic (exact) mass is 1010 g/mol. The average molecular weight is 1010 g/mol. The predicted molar refractivity (Wildman–Crippen MR) is 262 cm³/mol. The number of aliphatic hydroxyl groups is 1. The highest BCUT2D eigenvalue weighted by atomic mass is 19.1. The second-order valence-corrected chi connectivity index (χ2v) is 19.3. The van der Waals surface area contributed by atoms with E-state index in [2.05, 4.69) is 21.3 Å². The Kier molecular flexibility index (Phi) is 21.7. The van der Waals surface area contributed by atoms with Gasteiger partial charge in [-0.25, -0.2) is 18.6 Å². The molecule has 0 spiro atoms. The van der Waals surface area contributed by atoms with Gasteiger partial charge in [-0.05, 0) is 80.5 Å². The molecule has 8 N–H and O–H groups in total. The third kappa shape index (κ3) is 16.9. The quantitative estimate of drug-likeness (QED) is 0.0407. The molecule has 0 fully saturated rings. The zero-order valence-corrected chi connectivity index (χ0v) is 41.8. The zero-order chi connectivity index (χ0) is 53.3. The van der Waals surface area contributed by atoms with Crippen molar-refractivity contribution < 1.29 is 57.4 Å². The first-order chi connectivity index (χ1) is 34.0. The van der Waals surface area contributed by atoms with Crippen LogP contribution in [0.2, 0.25) is 0 Å². The summed E-state index contributed by atoms with van der Waals surface area (Å²) in [5.74, 6) is -6.49. The number of unbranched alkanes of at least 4 members (excludes halogenated alkanes) is 3. The summed E-state index contributed by atoms with van der Waals surface area (Å²) in [6, 6.07) is 6.91. The summed E-state index contributed by atoms with van der Waals surface area (Å²) in [7, 11) is 0. The Bertz CT molecular complexity index is 2410. The number of hydrogen-bond donors (Lipinski definition) is 7. The van der Waals surface area contributed by atoms with Gasteiger partial charge in [-0.1, -0.05) is 71.4 Å². The molecular weight excluding hydrogens is 937 g/mol. The van der Waals surface area contributed by atoms with Crippen LogP contribution in [0.3, 0.4) is 0 Å². The van der Waals surface area contributed by atoms with Crippen LogP contribution in [0.1, 0.15) is 110 Å². The topological polar surface area (TPSA) is 275 Å². The molecule has 392 valence electrons. The predicted octanol–water partition coefficient (Wildman–Crippen LogP) is 3.49. The van der Waals surface area contributed by atoms with Crippen LogP contribution < -0.4 is 27.0 Å². The molecular formula is C51H69F2N9O10. The Balaban J connectivity index is 1.28. The van der Waals surface area contributed by atoms with Gasteiger partial charge < -0.3 is 46.7 Å². The van der Waals surface area contributed by atoms with Gasteiger partial charge in [-0.15, -0.1) is 0 Å². The lowest BCUT2D eigenvalue weighted by molar-refractivity contribution is -0.142. The first-order valence-corrected chi connectivity index (χ1v) is 24.2. The number of carbonyl (C=O) groups excluding carboxylic acids is 7. The number of halogens is 2. The van der Waals surface area contributed by atoms with Crippen molar-refractivity contribution in [2.45, 2.75) is 130 Å². The highest BCUT2D eigenvalue weighted by Gasteiger charge is 2.39. The summed E-state index contributed by atoms with van der Waals surface area (Å²) in [6.45, 7) is 10.0. The van der Waals surface area contributed by atoms with Gasteiger partial charge in [0.05, 0.1) is 17.8 Å². The van der Waals surface area contributed by atoms with E-state index in [0.29, 0.717) is 31.5 Å². The van der Waals surface area contributed by atoms with Crippen molar-refractivity contribution in [3.8, 4) is 11.3 Å². The minimum atomic E-state index is -1.33. The number of nitrogens with zero attached hydrogens (tertiary/aromatic N) is 4. The lowest BCUT2D eigenvalue weighted by Gasteiger charge is -2.40. The van der Waals surface area contributed by atoms with Crippen molar-refractivity contribution in [2.75, 3.05) is 26.2 Å². The third-order valence-corrected chi connectivity index (χ3v) is 12.1. The van der Waals surface area contributed by atoms with Crippen LogP contribution in [0.5, 0.6) is 0 Å². The highest BCUT2D eigenvalue weighted by molar-refractivity contribution is 6.12. The fraction of sp³-hybridized carbons (Fsp3) is 0.510. The number of imidazole rings is 1. The van der Waals surface area contributed by atoms with Gasteiger partial charge in [0.1, 0.15) is 42.2 Å². The number of carboxylic acid groups (broad SMARTS) is 1. The van der Waals surface area contributed by atoms with Gasteiger partial charge in [0.15, 0.2) is 0 Å². The van der Waals surface area contributed by atoms with E-state index >= 15 is 4.39 Å². The fourth-order valence-corrected chi connectivity index (χ4v) is 8.17. The molecule has 5 unspecified atom stereocenters. The minimum absolute atomic E-state index is 0.0180. The van der Waals surface area contributed by atoms with Crippen LogP contribution in [0.15, 0.2) is 66.9 Å². The van der Waals surface area contributed by atoms with Crippen molar-refractivity contribution in [3.63, 3.8) is 0 Å². The molecule has 3 aromatic rings. The van der Waals surface area contributed by atoms with Crippen molar-refractivity contribution in [1.82, 2.24) is 40.6 Å². The molecule has 19 nitrogen and oxygen atoms in total. The van der Waals surface area contributed by atoms with Crippen LogP contribution in [0, 0.1) is 23.0 Å². The lowest BCUT2D eigenvalue weighted by Crippen LogP contribution is -2.56. The zero-order valence-electron chi connectivity index (χ0n) is 41.8. The second-order valence-electron chi connectivity index (χ2n) is 19.3. The first kappa shape index (κ1) is 57.7. The molecule has 21 heteroatoms. The van der Waals surface area contributed by atoms with Gasteiger partial charge in [0, 0.05) is 56.5 Å². The molecule has 5 atom stereocenters. The summed E-state index contributed by atoms with van der Waals surface area (Å²) in [5.41, 5.74) is 6.48. The highest BCUT2D eigenvalue weighted by Crippen LogP contribution is 2.39. The Hall–Kier alpha value is -6.87. The van der Waals surface area contributed by atoms with Crippen LogP contribution >= 0.6 is 0 Å². The van der Waals surface area contributed by atoms with Crippen LogP contribution in [-0.2, 0) is 44.9 Å². The smallest absolute Gasteiger partial charge is 0.326 e. The van der Waals surface area contributed by atoms with E-state index in [4.69, 9.17) is 10.7 Å². The maximum Gasteiger partial charge on any atom is 0.326 e. The van der Waals surface area contributed by atoms with E-state index in [1.165, 1.54) is 24.0 Å². The standard InChI is InChI=1S/C51H69F2N9O10/c1-31(2)44(59-40(64)18-11-8-14-25-61-41(65)21-22-42(61)66)49(70)56-32(3)47(68)58-38(50(71)72)17-12-13-24-55-48(69)37(54)23-26-62(43(67)30-63)45(51(4,5)6)46-57-39(35-27-34(52)19-20-36(35)53)29-60(46)28-33-15-9-7-10-16-33/h7,9-10,15-16,19-22,27,29,31-32,37-38,44-45,63H,8,11-14,17-18,23-26,28,30,54H2,1-6H3,(H,55,69)(H,56,70)(H,58,68)(H,59,64)(H,71,72). The third-order valence-electron chi connectivity index (χ3n) is 12.1. The number of nitrogens with two attached hydrogens (primary N) is 1. The Morgan fingerprint density at radius 3 is 2.14 bits per heavy atom. The van der Waals surface area contributed by atoms with E-state index in [0.717, 1.165) is 28.7 Å². The number of carboxylic acids is 1. The second kappa shape index (κ2) is 27.1. The van der Waals surface area contributed by atoms with Crippen molar-refractivity contribution in [1.29, 1.82) is 0 Å². The molecule has 7 amide bonds. The normalized spacial score (nSPS) is 14.6. The Morgan fingerprint density at radius 2 is 1.51 bits per heavy atom. The number of rotatable bonds is 28. The summed E-state index contributed by atoms with van der Waals surface area (Å²) in [6.07, 6.45) is 6.09. The van der Waals surface area contributed by atoms with E-state index in [1.807, 2.05) is 51.1 Å². The Labute approximate surface area is 418 Å². The number of hydrogen-bond acceptors (Lipinski definition) is 11. The largest absolute Gasteiger partial charge is 0.480 e. The van der Waals surface area contributed by atoms with Gasteiger partial charge in [-0.2, -0.15) is 0 Å². The summed E-state index contributed by atoms with van der Waals surface area (Å²) >= 11 is 0. The molecule has 0 bridgehead atoms. The van der Waals surface area contributed by atoms with Crippen LogP contribution in [-0.4, -0.2) is 127 Å². The molecule has 0 saturated carbocycles. The molecule has 1 aromatic heterocycles. The summed E-state index contributed by atoms with van der Waals surface area (Å²) < 4.78 is 31.2. The van der Waals surface area contributed by atoms with Gasteiger partial charge in [0.2, 0.25) is 29.5 Å². The van der Waals surface area contributed by atoms with Gasteiger partial charge in [0.25, 0.3) is 11.8 Å². The molecule has 1 aliphatic heterocycles. The van der Waals surface area contributed by atoms with E-state index < -0.39 is 89.4 Å². The number of carbonyl (C=O) groups is 8. The number of nitrogens with one attached hydrogen (secondary N) is 4. The lowest BCUT2D eigenvalue weighted by atomic mass is 9.84. The molecule has 2 aromatic carbocycles. The molecule has 2 heterocycles. The molecule has 0 saturated heterocycles. The number of aliphatic hydroxyl groups excluding tert-OH is 1. The Morgan fingerprint density at radius 1 is 0.833 bits per heavy atom. The van der Waals surface area contributed by atoms with Crippen LogP contribution in [0.25, 0.3) is 11.3 Å². The minimum Gasteiger partial charge on any atom is -0.480 e. The number of benzene rings is 2. The number of aromatic nitrogens is 2. The van der Waals surface area contributed by atoms with Crippen molar-refractivity contribution in [3.05, 3.63) is 89.9 Å². The van der Waals surface area contributed by atoms with Gasteiger partial charge in [-0.3, -0.25) is 38.5 Å². The molecule has 1 aliphatic rings. The van der Waals surface area contributed by atoms with Crippen molar-refractivity contribution >= 4 is 47.3 Å². The summed E-state index contributed by atoms with van der Waals surface area (Å²) in [5, 5.41) is 30.4. The van der Waals surface area contributed by atoms with Crippen molar-refractivity contribution in [2.24, 2.45) is 17.1 Å². The number of aliphatic carboxylic acids is 1. The molecule has 72 heavy (non-hydrogen) atoms. The average Bonchev–Trinajstić information content (AvgIpc) is 3.88. The van der Waals surface area contributed by atoms with E-state index in [9.17, 15) is 53.0 Å². The first-order valence-electron chi connectivity index (χ1n) is 24.2. The fourth-order valence-electron chi connectivity index (χ4n) is 8.17. The molecule has 0 aliphatic carbocycles. The van der Waals surface area contributed by atoms with Gasteiger partial charge >= 0.3 is 5.97 Å². The van der Waals surface area contributed by atoms with E-state index in [-0.39, 0.29) is 80.9 Å². The molecule has 0 radical (unpaired) electrons. The maximum atomic E-state index is 15.1. The maximum absolute atomic E-state index is 15.1. The van der Waals surface area contributed by atoms with Crippen LogP contribution in [0.4, 0.5) is 8.78 Å². The number of amides is 7.